The highest BCUT2D eigenvalue weighted by atomic mass is 19.4. The van der Waals surface area contributed by atoms with Gasteiger partial charge >= 0.3 is 6.18 Å². The van der Waals surface area contributed by atoms with Crippen molar-refractivity contribution in [1.29, 1.82) is 0 Å². The second kappa shape index (κ2) is 6.54. The van der Waals surface area contributed by atoms with Crippen LogP contribution in [0.4, 0.5) is 13.2 Å². The molecule has 0 bridgehead atoms. The van der Waals surface area contributed by atoms with Crippen LogP contribution in [-0.4, -0.2) is 56.6 Å². The largest absolute Gasteiger partial charge is 0.406 e. The molecule has 1 N–H and O–H groups in total. The number of nitrogens with zero attached hydrogens (tertiary/aromatic N) is 4. The first kappa shape index (κ1) is 16.9. The quantitative estimate of drug-likeness (QED) is 0.895. The Hall–Kier alpha value is -2.91. The summed E-state index contributed by atoms with van der Waals surface area (Å²) in [6.07, 6.45) is 0.120. The first-order valence-electron chi connectivity index (χ1n) is 7.42. The topological polar surface area (TPSA) is 80.1 Å². The van der Waals surface area contributed by atoms with Crippen molar-refractivity contribution in [2.75, 3.05) is 13.1 Å². The van der Waals surface area contributed by atoms with Crippen LogP contribution in [0.25, 0.3) is 5.82 Å². The van der Waals surface area contributed by atoms with Crippen LogP contribution in [0.3, 0.4) is 0 Å². The Bertz CT molecular complexity index is 776. The van der Waals surface area contributed by atoms with Gasteiger partial charge in [-0.1, -0.05) is 6.07 Å². The molecule has 132 valence electrons. The molecule has 0 radical (unpaired) electrons. The maximum atomic E-state index is 12.4. The van der Waals surface area contributed by atoms with Crippen LogP contribution < -0.4 is 5.32 Å². The minimum Gasteiger partial charge on any atom is -0.346 e. The molecule has 0 spiro atoms. The van der Waals surface area contributed by atoms with Gasteiger partial charge in [0.25, 0.3) is 5.91 Å². The lowest BCUT2D eigenvalue weighted by Gasteiger charge is -2.18. The molecular weight excluding hydrogens is 339 g/mol. The summed E-state index contributed by atoms with van der Waals surface area (Å²) in [5.74, 6) is -0.706. The van der Waals surface area contributed by atoms with E-state index in [1.54, 1.807) is 29.1 Å². The normalized spacial score (nSPS) is 17.8. The summed E-state index contributed by atoms with van der Waals surface area (Å²) >= 11 is 0. The molecule has 0 saturated carbocycles. The molecule has 2 amide bonds. The van der Waals surface area contributed by atoms with Crippen LogP contribution in [0.1, 0.15) is 16.9 Å². The summed E-state index contributed by atoms with van der Waals surface area (Å²) < 4.78 is 38.9. The predicted octanol–water partition coefficient (Wildman–Crippen LogP) is 1.16. The zero-order valence-corrected chi connectivity index (χ0v) is 12.9. The van der Waals surface area contributed by atoms with Gasteiger partial charge < -0.3 is 10.2 Å². The number of carbonyl (C=O) groups is 2. The lowest BCUT2D eigenvalue weighted by Crippen LogP contribution is -2.40. The van der Waals surface area contributed by atoms with E-state index in [1.807, 2.05) is 0 Å². The Morgan fingerprint density at radius 3 is 2.84 bits per heavy atom. The van der Waals surface area contributed by atoms with Gasteiger partial charge in [0.05, 0.1) is 6.04 Å². The molecule has 0 aliphatic carbocycles. The number of hydrogen-bond acceptors (Lipinski definition) is 4. The smallest absolute Gasteiger partial charge is 0.346 e. The van der Waals surface area contributed by atoms with Crippen molar-refractivity contribution in [1.82, 2.24) is 24.8 Å². The number of rotatable bonds is 4. The Morgan fingerprint density at radius 1 is 1.36 bits per heavy atom. The number of aromatic nitrogens is 3. The van der Waals surface area contributed by atoms with E-state index in [0.717, 1.165) is 0 Å². The maximum absolute atomic E-state index is 12.4. The highest BCUT2D eigenvalue weighted by molar-refractivity contribution is 5.93. The lowest BCUT2D eigenvalue weighted by atomic mass is 10.2. The molecular formula is C15H14F3N5O2. The van der Waals surface area contributed by atoms with E-state index in [1.165, 1.54) is 12.4 Å². The highest BCUT2D eigenvalue weighted by Crippen LogP contribution is 2.21. The fraction of sp³-hybridized carbons (Fsp3) is 0.333. The number of nitrogens with one attached hydrogen (secondary N) is 1. The summed E-state index contributed by atoms with van der Waals surface area (Å²) in [6.45, 7) is -1.49. The number of carbonyl (C=O) groups excluding carboxylic acids is 2. The molecule has 1 fully saturated rings. The molecule has 3 rings (SSSR count). The van der Waals surface area contributed by atoms with Gasteiger partial charge in [0.1, 0.15) is 24.4 Å². The van der Waals surface area contributed by atoms with E-state index in [0.29, 0.717) is 10.7 Å². The van der Waals surface area contributed by atoms with Crippen LogP contribution in [-0.2, 0) is 4.79 Å². The number of imidazole rings is 1. The van der Waals surface area contributed by atoms with Crippen molar-refractivity contribution >= 4 is 11.8 Å². The maximum Gasteiger partial charge on any atom is 0.406 e. The predicted molar refractivity (Wildman–Crippen MR) is 79.9 cm³/mol. The van der Waals surface area contributed by atoms with Crippen molar-refractivity contribution in [3.05, 3.63) is 42.6 Å². The molecule has 1 aliphatic heterocycles. The van der Waals surface area contributed by atoms with Crippen molar-refractivity contribution in [2.24, 2.45) is 0 Å². The van der Waals surface area contributed by atoms with Gasteiger partial charge in [-0.2, -0.15) is 13.2 Å². The molecule has 1 aliphatic rings. The first-order chi connectivity index (χ1) is 11.8. The summed E-state index contributed by atoms with van der Waals surface area (Å²) in [5, 5.41) is 2.56. The highest BCUT2D eigenvalue weighted by Gasteiger charge is 2.38. The van der Waals surface area contributed by atoms with Gasteiger partial charge in [0.2, 0.25) is 5.91 Å². The van der Waals surface area contributed by atoms with Crippen LogP contribution >= 0.6 is 0 Å². The van der Waals surface area contributed by atoms with E-state index in [-0.39, 0.29) is 18.7 Å². The minimum atomic E-state index is -4.46. The lowest BCUT2D eigenvalue weighted by molar-refractivity contribution is -0.157. The van der Waals surface area contributed by atoms with Crippen LogP contribution in [0.15, 0.2) is 36.9 Å². The molecule has 7 nitrogen and oxygen atoms in total. The average Bonchev–Trinajstić information content (AvgIpc) is 3.17. The number of alkyl halides is 3. The number of likely N-dealkylation sites (tertiary alicyclic amines) is 1. The van der Waals surface area contributed by atoms with Crippen molar-refractivity contribution in [3.63, 3.8) is 0 Å². The SMILES string of the molecule is O=C(NC1CC(=O)N(CC(F)(F)F)C1)c1cccc(-n2ccnc2)n1. The van der Waals surface area contributed by atoms with E-state index < -0.39 is 30.6 Å². The standard InChI is InChI=1S/C15H14F3N5O2/c16-15(17,18)8-23-7-10(6-13(23)24)20-14(25)11-2-1-3-12(21-11)22-5-4-19-9-22/h1-5,9-10H,6-8H2,(H,20,25). The van der Waals surface area contributed by atoms with Crippen molar-refractivity contribution in [3.8, 4) is 5.82 Å². The third kappa shape index (κ3) is 4.14. The van der Waals surface area contributed by atoms with E-state index in [9.17, 15) is 22.8 Å². The van der Waals surface area contributed by atoms with E-state index in [2.05, 4.69) is 15.3 Å². The second-order valence-corrected chi connectivity index (χ2v) is 5.61. The molecule has 25 heavy (non-hydrogen) atoms. The number of halogens is 3. The van der Waals surface area contributed by atoms with Crippen LogP contribution in [0.2, 0.25) is 0 Å². The monoisotopic (exact) mass is 353 g/mol. The zero-order chi connectivity index (χ0) is 18.0. The molecule has 1 atom stereocenters. The van der Waals surface area contributed by atoms with Gasteiger partial charge in [-0.05, 0) is 12.1 Å². The summed E-state index contributed by atoms with van der Waals surface area (Å²) in [6, 6.07) is 4.12. The van der Waals surface area contributed by atoms with Gasteiger partial charge in [-0.3, -0.25) is 14.2 Å². The van der Waals surface area contributed by atoms with Crippen LogP contribution in [0, 0.1) is 0 Å². The van der Waals surface area contributed by atoms with Gasteiger partial charge in [0.15, 0.2) is 0 Å². The third-order valence-electron chi connectivity index (χ3n) is 3.66. The number of hydrogen-bond donors (Lipinski definition) is 1. The fourth-order valence-electron chi connectivity index (χ4n) is 2.59. The molecule has 3 heterocycles. The summed E-state index contributed by atoms with van der Waals surface area (Å²) in [4.78, 5) is 32.7. The van der Waals surface area contributed by atoms with Gasteiger partial charge in [0, 0.05) is 25.4 Å². The molecule has 2 aromatic heterocycles. The van der Waals surface area contributed by atoms with Crippen LogP contribution in [0.5, 0.6) is 0 Å². The molecule has 1 saturated heterocycles. The fourth-order valence-corrected chi connectivity index (χ4v) is 2.59. The molecule has 2 aromatic rings. The minimum absolute atomic E-state index is 0.105. The Labute approximate surface area is 140 Å². The summed E-state index contributed by atoms with van der Waals surface area (Å²) in [5.41, 5.74) is 0.105. The van der Waals surface area contributed by atoms with E-state index in [4.69, 9.17) is 0 Å². The molecule has 10 heteroatoms. The average molecular weight is 353 g/mol. The second-order valence-electron chi connectivity index (χ2n) is 5.61. The van der Waals surface area contributed by atoms with Gasteiger partial charge in [-0.25, -0.2) is 9.97 Å². The Balaban J connectivity index is 1.65. The third-order valence-corrected chi connectivity index (χ3v) is 3.66. The van der Waals surface area contributed by atoms with Crippen molar-refractivity contribution < 1.29 is 22.8 Å². The first-order valence-corrected chi connectivity index (χ1v) is 7.42. The van der Waals surface area contributed by atoms with E-state index >= 15 is 0 Å². The number of pyridine rings is 1. The van der Waals surface area contributed by atoms with Gasteiger partial charge in [-0.15, -0.1) is 0 Å². The Morgan fingerprint density at radius 2 is 2.16 bits per heavy atom. The van der Waals surface area contributed by atoms with Crippen molar-refractivity contribution in [2.45, 2.75) is 18.6 Å². The Kier molecular flexibility index (Phi) is 4.43. The zero-order valence-electron chi connectivity index (χ0n) is 12.9. The molecule has 1 unspecified atom stereocenters. The summed E-state index contributed by atoms with van der Waals surface area (Å²) in [7, 11) is 0. The molecule has 0 aromatic carbocycles. The number of amides is 2.